The smallest absolute Gasteiger partial charge is 0.244 e. The molecule has 0 unspecified atom stereocenters. The minimum absolute atomic E-state index is 0.116. The van der Waals surface area contributed by atoms with Crippen LogP contribution in [-0.4, -0.2) is 29.0 Å². The van der Waals surface area contributed by atoms with E-state index in [0.717, 1.165) is 35.2 Å². The topological polar surface area (TPSA) is 58.1 Å². The highest BCUT2D eigenvalue weighted by Crippen LogP contribution is 2.18. The lowest BCUT2D eigenvalue weighted by Gasteiger charge is -2.16. The van der Waals surface area contributed by atoms with Crippen LogP contribution < -0.4 is 10.2 Å². The fraction of sp³-hybridized carbons (Fsp3) is 0.353. The van der Waals surface area contributed by atoms with Gasteiger partial charge in [-0.05, 0) is 43.5 Å². The van der Waals surface area contributed by atoms with E-state index in [9.17, 15) is 4.79 Å². The van der Waals surface area contributed by atoms with Crippen molar-refractivity contribution in [1.29, 1.82) is 0 Å². The molecule has 0 spiro atoms. The van der Waals surface area contributed by atoms with Gasteiger partial charge in [0, 0.05) is 37.3 Å². The summed E-state index contributed by atoms with van der Waals surface area (Å²) in [6, 6.07) is 3.99. The van der Waals surface area contributed by atoms with E-state index in [1.165, 1.54) is 18.9 Å². The molecule has 0 bridgehead atoms. The summed E-state index contributed by atoms with van der Waals surface area (Å²) in [5, 5.41) is 5.83. The van der Waals surface area contributed by atoms with Crippen LogP contribution in [-0.2, 0) is 11.3 Å². The van der Waals surface area contributed by atoms with Gasteiger partial charge in [0.05, 0.1) is 10.7 Å². The Kier molecular flexibility index (Phi) is 5.02. The molecule has 1 fully saturated rings. The minimum atomic E-state index is -0.116. The number of nitrogens with zero attached hydrogens (tertiary/aromatic N) is 3. The van der Waals surface area contributed by atoms with Crippen molar-refractivity contribution in [2.75, 3.05) is 18.0 Å². The number of pyridine rings is 1. The first-order chi connectivity index (χ1) is 11.2. The molecule has 1 aliphatic rings. The number of anilines is 1. The number of amides is 1. The van der Waals surface area contributed by atoms with Gasteiger partial charge >= 0.3 is 0 Å². The second-order valence-corrected chi connectivity index (χ2v) is 6.62. The van der Waals surface area contributed by atoms with E-state index in [2.05, 4.69) is 26.3 Å². The van der Waals surface area contributed by atoms with Crippen LogP contribution in [0.1, 0.15) is 29.1 Å². The summed E-state index contributed by atoms with van der Waals surface area (Å²) in [5.41, 5.74) is 1.89. The van der Waals surface area contributed by atoms with E-state index in [-0.39, 0.29) is 5.91 Å². The average Bonchev–Trinajstić information content (AvgIpc) is 3.23. The predicted molar refractivity (Wildman–Crippen MR) is 93.4 cm³/mol. The van der Waals surface area contributed by atoms with Crippen molar-refractivity contribution < 1.29 is 4.79 Å². The van der Waals surface area contributed by atoms with Gasteiger partial charge in [-0.15, -0.1) is 11.3 Å². The first kappa shape index (κ1) is 15.7. The van der Waals surface area contributed by atoms with E-state index in [4.69, 9.17) is 0 Å². The maximum Gasteiger partial charge on any atom is 0.244 e. The molecule has 1 aliphatic heterocycles. The van der Waals surface area contributed by atoms with E-state index >= 15 is 0 Å². The predicted octanol–water partition coefficient (Wildman–Crippen LogP) is 2.78. The second kappa shape index (κ2) is 7.37. The number of aromatic nitrogens is 2. The monoisotopic (exact) mass is 328 g/mol. The van der Waals surface area contributed by atoms with Gasteiger partial charge in [-0.25, -0.2) is 9.97 Å². The number of thiazole rings is 1. The van der Waals surface area contributed by atoms with E-state index < -0.39 is 0 Å². The highest BCUT2D eigenvalue weighted by atomic mass is 32.1. The molecule has 0 atom stereocenters. The zero-order valence-electron chi connectivity index (χ0n) is 13.2. The van der Waals surface area contributed by atoms with Crippen molar-refractivity contribution in [3.63, 3.8) is 0 Å². The highest BCUT2D eigenvalue weighted by Gasteiger charge is 2.13. The molecule has 1 N–H and O–H groups in total. The Labute approximate surface area is 140 Å². The van der Waals surface area contributed by atoms with Crippen LogP contribution in [0.25, 0.3) is 6.08 Å². The van der Waals surface area contributed by atoms with Crippen LogP contribution in [0.3, 0.4) is 0 Å². The van der Waals surface area contributed by atoms with Crippen LogP contribution in [0.15, 0.2) is 29.8 Å². The summed E-state index contributed by atoms with van der Waals surface area (Å²) >= 11 is 1.57. The van der Waals surface area contributed by atoms with Gasteiger partial charge in [-0.1, -0.05) is 0 Å². The van der Waals surface area contributed by atoms with Crippen molar-refractivity contribution in [2.45, 2.75) is 26.3 Å². The van der Waals surface area contributed by atoms with Crippen molar-refractivity contribution in [3.8, 4) is 0 Å². The number of hydrogen-bond acceptors (Lipinski definition) is 5. The van der Waals surface area contributed by atoms with Crippen molar-refractivity contribution in [1.82, 2.24) is 15.3 Å². The standard InChI is InChI=1S/C17H20N4OS/c1-13-20-15(12-23-13)4-5-17(22)19-11-14-6-7-18-16(10-14)21-8-2-3-9-21/h4-7,10,12H,2-3,8-9,11H2,1H3,(H,19,22)/b5-4+. The van der Waals surface area contributed by atoms with Crippen LogP contribution >= 0.6 is 11.3 Å². The summed E-state index contributed by atoms with van der Waals surface area (Å²) in [5.74, 6) is 0.887. The minimum Gasteiger partial charge on any atom is -0.357 e. The number of nitrogens with one attached hydrogen (secondary N) is 1. The normalized spacial score (nSPS) is 14.6. The third-order valence-corrected chi connectivity index (χ3v) is 4.54. The molecular weight excluding hydrogens is 308 g/mol. The van der Waals surface area contributed by atoms with Gasteiger partial charge in [-0.3, -0.25) is 4.79 Å². The molecule has 1 saturated heterocycles. The van der Waals surface area contributed by atoms with Crippen LogP contribution in [0, 0.1) is 6.92 Å². The molecule has 6 heteroatoms. The zero-order chi connectivity index (χ0) is 16.1. The Morgan fingerprint density at radius 1 is 1.43 bits per heavy atom. The second-order valence-electron chi connectivity index (χ2n) is 5.56. The number of hydrogen-bond donors (Lipinski definition) is 1. The maximum atomic E-state index is 11.9. The van der Waals surface area contributed by atoms with Crippen LogP contribution in [0.5, 0.6) is 0 Å². The maximum absolute atomic E-state index is 11.9. The van der Waals surface area contributed by atoms with Gasteiger partial charge in [0.15, 0.2) is 0 Å². The quantitative estimate of drug-likeness (QED) is 0.858. The lowest BCUT2D eigenvalue weighted by Crippen LogP contribution is -2.22. The third kappa shape index (κ3) is 4.39. The van der Waals surface area contributed by atoms with Crippen LogP contribution in [0.4, 0.5) is 5.82 Å². The summed E-state index contributed by atoms with van der Waals surface area (Å²) in [6.07, 6.45) is 7.52. The number of rotatable bonds is 5. The Balaban J connectivity index is 1.54. The average molecular weight is 328 g/mol. The number of carbonyl (C=O) groups excluding carboxylic acids is 1. The molecule has 0 aliphatic carbocycles. The van der Waals surface area contributed by atoms with Gasteiger partial charge in [-0.2, -0.15) is 0 Å². The van der Waals surface area contributed by atoms with Crippen molar-refractivity contribution >= 4 is 29.1 Å². The SMILES string of the molecule is Cc1nc(/C=C/C(=O)NCc2ccnc(N3CCCC3)c2)cs1. The van der Waals surface area contributed by atoms with E-state index in [1.54, 1.807) is 17.4 Å². The summed E-state index contributed by atoms with van der Waals surface area (Å²) < 4.78 is 0. The molecule has 0 aromatic carbocycles. The van der Waals surface area contributed by atoms with Crippen LogP contribution in [0.2, 0.25) is 0 Å². The van der Waals surface area contributed by atoms with Crippen molar-refractivity contribution in [3.05, 3.63) is 46.1 Å². The molecule has 120 valence electrons. The van der Waals surface area contributed by atoms with E-state index in [1.807, 2.05) is 24.6 Å². The molecule has 23 heavy (non-hydrogen) atoms. The third-order valence-electron chi connectivity index (χ3n) is 3.75. The first-order valence-corrected chi connectivity index (χ1v) is 8.66. The van der Waals surface area contributed by atoms with Gasteiger partial charge in [0.2, 0.25) is 5.91 Å². The van der Waals surface area contributed by atoms with E-state index in [0.29, 0.717) is 6.54 Å². The Bertz CT molecular complexity index is 704. The molecule has 1 amide bonds. The summed E-state index contributed by atoms with van der Waals surface area (Å²) in [7, 11) is 0. The molecule has 5 nitrogen and oxygen atoms in total. The van der Waals surface area contributed by atoms with Gasteiger partial charge in [0.1, 0.15) is 5.82 Å². The lowest BCUT2D eigenvalue weighted by atomic mass is 10.2. The lowest BCUT2D eigenvalue weighted by molar-refractivity contribution is -0.116. The van der Waals surface area contributed by atoms with Gasteiger partial charge in [0.25, 0.3) is 0 Å². The summed E-state index contributed by atoms with van der Waals surface area (Å²) in [4.78, 5) is 22.9. The number of aryl methyl sites for hydroxylation is 1. The largest absolute Gasteiger partial charge is 0.357 e. The summed E-state index contributed by atoms with van der Waals surface area (Å²) in [6.45, 7) is 4.59. The fourth-order valence-electron chi connectivity index (χ4n) is 2.56. The van der Waals surface area contributed by atoms with Gasteiger partial charge < -0.3 is 10.2 Å². The molecule has 2 aromatic rings. The zero-order valence-corrected chi connectivity index (χ0v) is 14.0. The number of carbonyl (C=O) groups is 1. The Morgan fingerprint density at radius 2 is 2.26 bits per heavy atom. The molecule has 0 saturated carbocycles. The van der Waals surface area contributed by atoms with Crippen molar-refractivity contribution in [2.24, 2.45) is 0 Å². The Morgan fingerprint density at radius 3 is 3.00 bits per heavy atom. The first-order valence-electron chi connectivity index (χ1n) is 7.78. The molecule has 2 aromatic heterocycles. The fourth-order valence-corrected chi connectivity index (χ4v) is 3.14. The Hall–Kier alpha value is -2.21. The molecule has 0 radical (unpaired) electrons. The molecular formula is C17H20N4OS. The molecule has 3 heterocycles. The molecule has 3 rings (SSSR count). The highest BCUT2D eigenvalue weighted by molar-refractivity contribution is 7.09.